The molecule has 0 bridgehead atoms. The van der Waals surface area contributed by atoms with Crippen molar-refractivity contribution < 1.29 is 19.1 Å². The van der Waals surface area contributed by atoms with Crippen LogP contribution in [0.15, 0.2) is 53.1 Å². The van der Waals surface area contributed by atoms with E-state index in [1.54, 1.807) is 18.4 Å². The molecule has 4 rings (SSSR count). The highest BCUT2D eigenvalue weighted by molar-refractivity contribution is 6.00. The second kappa shape index (κ2) is 9.43. The second-order valence-electron chi connectivity index (χ2n) is 7.94. The lowest BCUT2D eigenvalue weighted by atomic mass is 9.83. The SMILES string of the molecule is CCO/C=C1\CCCc2c1oc1cc(=[N+](CC)CC)ccc-1c2-c1ccccc1C(=O)O. The van der Waals surface area contributed by atoms with E-state index in [0.717, 1.165) is 77.1 Å². The Labute approximate surface area is 188 Å². The number of benzene rings is 2. The molecule has 0 aromatic heterocycles. The molecule has 1 heterocycles. The van der Waals surface area contributed by atoms with Crippen LogP contribution in [0.25, 0.3) is 28.0 Å². The van der Waals surface area contributed by atoms with Gasteiger partial charge in [0.15, 0.2) is 0 Å². The van der Waals surface area contributed by atoms with E-state index in [1.807, 2.05) is 19.1 Å². The van der Waals surface area contributed by atoms with Gasteiger partial charge in [-0.3, -0.25) is 0 Å². The molecule has 0 saturated carbocycles. The molecule has 1 aliphatic heterocycles. The normalized spacial score (nSPS) is 14.4. The number of aromatic carboxylic acids is 1. The smallest absolute Gasteiger partial charge is 0.336 e. The fourth-order valence-electron chi connectivity index (χ4n) is 4.59. The van der Waals surface area contributed by atoms with Crippen LogP contribution >= 0.6 is 0 Å². The van der Waals surface area contributed by atoms with Gasteiger partial charge in [-0.05, 0) is 57.7 Å². The van der Waals surface area contributed by atoms with Gasteiger partial charge in [0.25, 0.3) is 0 Å². The molecule has 2 aliphatic carbocycles. The Morgan fingerprint density at radius 1 is 1.09 bits per heavy atom. The van der Waals surface area contributed by atoms with E-state index in [9.17, 15) is 9.90 Å². The summed E-state index contributed by atoms with van der Waals surface area (Å²) >= 11 is 0. The highest BCUT2D eigenvalue weighted by Gasteiger charge is 2.28. The third-order valence-electron chi connectivity index (χ3n) is 6.13. The Bertz CT molecular complexity index is 1210. The third-order valence-corrected chi connectivity index (χ3v) is 6.13. The maximum atomic E-state index is 12.1. The fraction of sp³-hybridized carbons (Fsp3) is 0.333. The van der Waals surface area contributed by atoms with Gasteiger partial charge in [-0.25, -0.2) is 9.37 Å². The molecule has 166 valence electrons. The molecule has 1 aromatic rings. The van der Waals surface area contributed by atoms with Crippen molar-refractivity contribution in [3.8, 4) is 22.5 Å². The summed E-state index contributed by atoms with van der Waals surface area (Å²) in [7, 11) is 0. The van der Waals surface area contributed by atoms with E-state index in [1.165, 1.54) is 0 Å². The van der Waals surface area contributed by atoms with Gasteiger partial charge in [-0.1, -0.05) is 18.2 Å². The van der Waals surface area contributed by atoms with Crippen molar-refractivity contribution >= 4 is 11.5 Å². The van der Waals surface area contributed by atoms with Gasteiger partial charge in [0, 0.05) is 28.3 Å². The minimum atomic E-state index is -0.927. The Morgan fingerprint density at radius 2 is 1.88 bits per heavy atom. The number of hydrogen-bond acceptors (Lipinski definition) is 3. The van der Waals surface area contributed by atoms with Gasteiger partial charge in [0.2, 0.25) is 5.36 Å². The molecule has 0 unspecified atom stereocenters. The quantitative estimate of drug-likeness (QED) is 0.425. The topological polar surface area (TPSA) is 62.7 Å². The highest BCUT2D eigenvalue weighted by atomic mass is 16.5. The molecule has 3 aliphatic rings. The Hall–Kier alpha value is -3.34. The van der Waals surface area contributed by atoms with Crippen LogP contribution < -0.4 is 9.93 Å². The molecule has 0 radical (unpaired) electrons. The summed E-state index contributed by atoms with van der Waals surface area (Å²) in [5.74, 6) is 0.640. The molecule has 32 heavy (non-hydrogen) atoms. The van der Waals surface area contributed by atoms with Crippen LogP contribution in [-0.4, -0.2) is 30.8 Å². The number of nitrogens with zero attached hydrogens (tertiary/aromatic N) is 1. The lowest BCUT2D eigenvalue weighted by Crippen LogP contribution is -2.29. The molecule has 0 amide bonds. The molecule has 1 N–H and O–H groups in total. The summed E-state index contributed by atoms with van der Waals surface area (Å²) in [6, 6.07) is 13.5. The van der Waals surface area contributed by atoms with Crippen molar-refractivity contribution in [3.63, 3.8) is 0 Å². The van der Waals surface area contributed by atoms with Gasteiger partial charge in [-0.15, -0.1) is 0 Å². The fourth-order valence-corrected chi connectivity index (χ4v) is 4.59. The van der Waals surface area contributed by atoms with Gasteiger partial charge < -0.3 is 14.3 Å². The average Bonchev–Trinajstić information content (AvgIpc) is 2.82. The van der Waals surface area contributed by atoms with Crippen LogP contribution in [-0.2, 0) is 11.2 Å². The van der Waals surface area contributed by atoms with E-state index in [0.29, 0.717) is 12.2 Å². The molecular formula is C27H30NO4+. The first-order chi connectivity index (χ1) is 15.6. The van der Waals surface area contributed by atoms with Crippen molar-refractivity contribution in [2.75, 3.05) is 19.7 Å². The summed E-state index contributed by atoms with van der Waals surface area (Å²) in [6.45, 7) is 8.62. The van der Waals surface area contributed by atoms with Gasteiger partial charge >= 0.3 is 5.97 Å². The van der Waals surface area contributed by atoms with E-state index >= 15 is 0 Å². The summed E-state index contributed by atoms with van der Waals surface area (Å²) < 4.78 is 14.4. The molecule has 0 saturated heterocycles. The van der Waals surface area contributed by atoms with E-state index in [4.69, 9.17) is 9.15 Å². The first kappa shape index (κ1) is 21.9. The van der Waals surface area contributed by atoms with Crippen LogP contribution in [0.2, 0.25) is 0 Å². The van der Waals surface area contributed by atoms with Crippen molar-refractivity contribution in [1.29, 1.82) is 0 Å². The molecule has 0 fully saturated rings. The standard InChI is InChI=1S/C27H29NO4/c1-4-28(5-2)19-14-15-22-24(16-19)32-26-18(17-31-6-3)10-9-13-23(26)25(22)20-11-7-8-12-21(20)27(29)30/h7-8,11-12,14-17H,4-6,9-10,13H2,1-3H3/p+1/b18-17+. The molecule has 0 atom stereocenters. The lowest BCUT2D eigenvalue weighted by Gasteiger charge is -2.25. The zero-order chi connectivity index (χ0) is 22.7. The summed E-state index contributed by atoms with van der Waals surface area (Å²) in [6.07, 6.45) is 4.47. The van der Waals surface area contributed by atoms with Gasteiger partial charge in [0.05, 0.1) is 24.5 Å². The molecular weight excluding hydrogens is 402 g/mol. The van der Waals surface area contributed by atoms with Crippen molar-refractivity contribution in [2.24, 2.45) is 0 Å². The lowest BCUT2D eigenvalue weighted by molar-refractivity contribution is 0.0697. The second-order valence-corrected chi connectivity index (χ2v) is 7.94. The van der Waals surface area contributed by atoms with E-state index < -0.39 is 5.97 Å². The maximum Gasteiger partial charge on any atom is 0.336 e. The van der Waals surface area contributed by atoms with Gasteiger partial charge in [0.1, 0.15) is 24.6 Å². The van der Waals surface area contributed by atoms with Crippen LogP contribution in [0.3, 0.4) is 0 Å². The average molecular weight is 433 g/mol. The number of carboxylic acids is 1. The van der Waals surface area contributed by atoms with Crippen LogP contribution in [0.1, 0.15) is 55.3 Å². The third kappa shape index (κ3) is 3.95. The molecule has 1 aromatic carbocycles. The van der Waals surface area contributed by atoms with Crippen molar-refractivity contribution in [3.05, 3.63) is 71.0 Å². The number of carboxylic acid groups (broad SMARTS) is 1. The van der Waals surface area contributed by atoms with Gasteiger partial charge in [-0.2, -0.15) is 0 Å². The summed E-state index contributed by atoms with van der Waals surface area (Å²) in [5, 5.41) is 11.0. The molecule has 5 nitrogen and oxygen atoms in total. The number of allylic oxidation sites excluding steroid dienone is 1. The minimum absolute atomic E-state index is 0.302. The first-order valence-corrected chi connectivity index (χ1v) is 11.4. The number of fused-ring (bicyclic) bond motifs is 2. The van der Waals surface area contributed by atoms with Crippen molar-refractivity contribution in [1.82, 2.24) is 4.58 Å². The zero-order valence-corrected chi connectivity index (χ0v) is 19.0. The molecule has 0 spiro atoms. The predicted octanol–water partition coefficient (Wildman–Crippen LogP) is 5.28. The predicted molar refractivity (Wildman–Crippen MR) is 127 cm³/mol. The summed E-state index contributed by atoms with van der Waals surface area (Å²) in [4.78, 5) is 12.1. The monoisotopic (exact) mass is 432 g/mol. The Balaban J connectivity index is 2.11. The van der Waals surface area contributed by atoms with Crippen LogP contribution in [0.4, 0.5) is 0 Å². The zero-order valence-electron chi connectivity index (χ0n) is 19.0. The Kier molecular flexibility index (Phi) is 6.45. The number of rotatable bonds is 6. The number of carbonyl (C=O) groups is 1. The highest BCUT2D eigenvalue weighted by Crippen LogP contribution is 2.45. The maximum absolute atomic E-state index is 12.1. The van der Waals surface area contributed by atoms with Crippen LogP contribution in [0, 0.1) is 0 Å². The number of ether oxygens (including phenoxy) is 1. The largest absolute Gasteiger partial charge is 0.501 e. The number of hydrogen-bond donors (Lipinski definition) is 1. The van der Waals surface area contributed by atoms with E-state index in [-0.39, 0.29) is 0 Å². The van der Waals surface area contributed by atoms with Crippen molar-refractivity contribution in [2.45, 2.75) is 40.0 Å². The Morgan fingerprint density at radius 3 is 2.59 bits per heavy atom. The minimum Gasteiger partial charge on any atom is -0.501 e. The van der Waals surface area contributed by atoms with E-state index in [2.05, 4.69) is 36.6 Å². The first-order valence-electron chi connectivity index (χ1n) is 11.4. The van der Waals surface area contributed by atoms with Crippen LogP contribution in [0.5, 0.6) is 0 Å². The summed E-state index contributed by atoms with van der Waals surface area (Å²) in [5.41, 5.74) is 5.00. The molecule has 5 heteroatoms.